The number of hydrogen-bond donors (Lipinski definition) is 1. The molecule has 2 N–H and O–H groups in total. The van der Waals surface area contributed by atoms with Crippen molar-refractivity contribution in [2.24, 2.45) is 5.14 Å². The van der Waals surface area contributed by atoms with Crippen LogP contribution in [0.15, 0.2) is 12.4 Å². The summed E-state index contributed by atoms with van der Waals surface area (Å²) in [6, 6.07) is 0. The molecule has 0 aromatic carbocycles. The summed E-state index contributed by atoms with van der Waals surface area (Å²) in [5.74, 6) is 0.0539. The third kappa shape index (κ3) is 3.12. The van der Waals surface area contributed by atoms with Crippen molar-refractivity contribution in [2.75, 3.05) is 0 Å². The zero-order valence-electron chi connectivity index (χ0n) is 8.38. The van der Waals surface area contributed by atoms with E-state index in [9.17, 15) is 8.42 Å². The minimum atomic E-state index is -3.57. The van der Waals surface area contributed by atoms with Crippen molar-refractivity contribution >= 4 is 21.6 Å². The van der Waals surface area contributed by atoms with Crippen molar-refractivity contribution in [1.82, 2.24) is 9.97 Å². The van der Waals surface area contributed by atoms with Crippen molar-refractivity contribution < 1.29 is 8.42 Å². The first-order chi connectivity index (χ1) is 6.82. The molecule has 0 aliphatic carbocycles. The van der Waals surface area contributed by atoms with E-state index in [4.69, 9.17) is 16.7 Å². The fraction of sp³-hybridized carbons (Fsp3) is 0.500. The van der Waals surface area contributed by atoms with Crippen LogP contribution in [-0.2, 0) is 10.0 Å². The fourth-order valence-electron chi connectivity index (χ4n) is 1.05. The minimum absolute atomic E-state index is 0.364. The summed E-state index contributed by atoms with van der Waals surface area (Å²) in [5, 5.41) is 4.73. The molecule has 0 aliphatic heterocycles. The molecule has 0 radical (unpaired) electrons. The van der Waals surface area contributed by atoms with E-state index in [-0.39, 0.29) is 5.92 Å². The molecule has 0 bridgehead atoms. The number of nitrogens with zero attached hydrogens (tertiary/aromatic N) is 2. The predicted molar refractivity (Wildman–Crippen MR) is 58.0 cm³/mol. The molecule has 1 aromatic heterocycles. The van der Waals surface area contributed by atoms with Crippen LogP contribution in [0.5, 0.6) is 0 Å². The maximum absolute atomic E-state index is 11.1. The first-order valence-corrected chi connectivity index (χ1v) is 6.30. The molecule has 15 heavy (non-hydrogen) atoms. The van der Waals surface area contributed by atoms with Gasteiger partial charge in [-0.15, -0.1) is 0 Å². The number of sulfonamides is 1. The molecular formula is C8H12ClN3O2S. The van der Waals surface area contributed by atoms with Crippen LogP contribution in [-0.4, -0.2) is 23.6 Å². The Bertz CT molecular complexity index is 432. The minimum Gasteiger partial charge on any atom is -0.239 e. The summed E-state index contributed by atoms with van der Waals surface area (Å²) in [5.41, 5.74) is 0. The van der Waals surface area contributed by atoms with Gasteiger partial charge in [-0.3, -0.25) is 0 Å². The highest BCUT2D eigenvalue weighted by atomic mass is 35.5. The summed E-state index contributed by atoms with van der Waals surface area (Å²) < 4.78 is 22.2. The zero-order valence-corrected chi connectivity index (χ0v) is 9.96. The lowest BCUT2D eigenvalue weighted by atomic mass is 10.1. The number of nitrogens with two attached hydrogens (primary N) is 1. The molecule has 0 fully saturated rings. The maximum atomic E-state index is 11.1. The normalized spacial score (nSPS) is 16.0. The molecule has 0 saturated heterocycles. The van der Waals surface area contributed by atoms with Gasteiger partial charge in [-0.25, -0.2) is 23.5 Å². The summed E-state index contributed by atoms with van der Waals surface area (Å²) in [4.78, 5) is 7.90. The molecule has 2 atom stereocenters. The first-order valence-electron chi connectivity index (χ1n) is 4.31. The lowest BCUT2D eigenvalue weighted by molar-refractivity contribution is 0.564. The first kappa shape index (κ1) is 12.4. The molecule has 0 amide bonds. The molecule has 1 aromatic rings. The van der Waals surface area contributed by atoms with Gasteiger partial charge < -0.3 is 0 Å². The molecular weight excluding hydrogens is 238 g/mol. The van der Waals surface area contributed by atoms with Gasteiger partial charge in [-0.1, -0.05) is 18.5 Å². The number of aromatic nitrogens is 2. The van der Waals surface area contributed by atoms with E-state index in [1.54, 1.807) is 6.92 Å². The second kappa shape index (κ2) is 4.42. The Morgan fingerprint density at radius 1 is 1.33 bits per heavy atom. The summed E-state index contributed by atoms with van der Waals surface area (Å²) in [7, 11) is -3.57. The Morgan fingerprint density at radius 3 is 2.20 bits per heavy atom. The van der Waals surface area contributed by atoms with Gasteiger partial charge in [0.05, 0.1) is 10.3 Å². The summed E-state index contributed by atoms with van der Waals surface area (Å²) in [6.07, 6.45) is 2.85. The van der Waals surface area contributed by atoms with Crippen molar-refractivity contribution in [3.8, 4) is 0 Å². The lowest BCUT2D eigenvalue weighted by Crippen LogP contribution is -2.31. The van der Waals surface area contributed by atoms with Crippen LogP contribution in [0.2, 0.25) is 5.02 Å². The second-order valence-electron chi connectivity index (χ2n) is 3.34. The smallest absolute Gasteiger partial charge is 0.212 e. The van der Waals surface area contributed by atoms with Gasteiger partial charge in [0.1, 0.15) is 5.82 Å². The predicted octanol–water partition coefficient (Wildman–Crippen LogP) is 0.910. The highest BCUT2D eigenvalue weighted by molar-refractivity contribution is 7.89. The topological polar surface area (TPSA) is 85.9 Å². The number of hydrogen-bond acceptors (Lipinski definition) is 4. The number of halogens is 1. The summed E-state index contributed by atoms with van der Waals surface area (Å²) in [6.45, 7) is 3.23. The van der Waals surface area contributed by atoms with Gasteiger partial charge in [0.2, 0.25) is 10.0 Å². The van der Waals surface area contributed by atoms with Gasteiger partial charge in [-0.2, -0.15) is 0 Å². The standard InChI is InChI=1S/C8H12ClN3O2S/c1-5(6(2)15(10,13)14)8-11-3-7(9)4-12-8/h3-6H,1-2H3,(H2,10,13,14). The Hall–Kier alpha value is -0.720. The third-order valence-corrected chi connectivity index (χ3v) is 3.91. The highest BCUT2D eigenvalue weighted by Gasteiger charge is 2.25. The molecule has 0 aliphatic rings. The van der Waals surface area contributed by atoms with E-state index >= 15 is 0 Å². The molecule has 7 heteroatoms. The molecule has 84 valence electrons. The zero-order chi connectivity index (χ0) is 11.6. The van der Waals surface area contributed by atoms with Crippen LogP contribution >= 0.6 is 11.6 Å². The van der Waals surface area contributed by atoms with Gasteiger partial charge in [-0.05, 0) is 6.92 Å². The molecule has 0 spiro atoms. The van der Waals surface area contributed by atoms with Crippen LogP contribution < -0.4 is 5.14 Å². The Labute approximate surface area is 93.7 Å². The Balaban J connectivity index is 2.95. The van der Waals surface area contributed by atoms with E-state index < -0.39 is 15.3 Å². The lowest BCUT2D eigenvalue weighted by Gasteiger charge is -2.15. The van der Waals surface area contributed by atoms with E-state index in [0.717, 1.165) is 0 Å². The summed E-state index contributed by atoms with van der Waals surface area (Å²) >= 11 is 5.62. The number of rotatable bonds is 3. The largest absolute Gasteiger partial charge is 0.239 e. The molecule has 2 unspecified atom stereocenters. The van der Waals surface area contributed by atoms with Crippen molar-refractivity contribution in [1.29, 1.82) is 0 Å². The quantitative estimate of drug-likeness (QED) is 0.863. The van der Waals surface area contributed by atoms with Crippen LogP contribution in [0.1, 0.15) is 25.6 Å². The van der Waals surface area contributed by atoms with Gasteiger partial charge in [0.25, 0.3) is 0 Å². The van der Waals surface area contributed by atoms with Gasteiger partial charge in [0, 0.05) is 18.3 Å². The van der Waals surface area contributed by atoms with Crippen LogP contribution in [0.3, 0.4) is 0 Å². The average molecular weight is 250 g/mol. The van der Waals surface area contributed by atoms with Crippen molar-refractivity contribution in [3.63, 3.8) is 0 Å². The maximum Gasteiger partial charge on any atom is 0.212 e. The van der Waals surface area contributed by atoms with E-state index in [2.05, 4.69) is 9.97 Å². The molecule has 1 rings (SSSR count). The van der Waals surface area contributed by atoms with Gasteiger partial charge >= 0.3 is 0 Å². The fourth-order valence-corrected chi connectivity index (χ4v) is 1.84. The molecule has 5 nitrogen and oxygen atoms in total. The SMILES string of the molecule is CC(c1ncc(Cl)cn1)C(C)S(N)(=O)=O. The third-order valence-electron chi connectivity index (χ3n) is 2.27. The molecule has 0 saturated carbocycles. The van der Waals surface area contributed by atoms with Crippen LogP contribution in [0.4, 0.5) is 0 Å². The van der Waals surface area contributed by atoms with E-state index in [1.165, 1.54) is 19.3 Å². The van der Waals surface area contributed by atoms with E-state index in [1.807, 2.05) is 0 Å². The number of primary sulfonamides is 1. The molecule has 1 heterocycles. The average Bonchev–Trinajstić information content (AvgIpc) is 2.15. The van der Waals surface area contributed by atoms with Crippen LogP contribution in [0, 0.1) is 0 Å². The van der Waals surface area contributed by atoms with Gasteiger partial charge in [0.15, 0.2) is 0 Å². The Morgan fingerprint density at radius 2 is 1.80 bits per heavy atom. The van der Waals surface area contributed by atoms with Crippen molar-refractivity contribution in [2.45, 2.75) is 25.0 Å². The van der Waals surface area contributed by atoms with Crippen molar-refractivity contribution in [3.05, 3.63) is 23.2 Å². The monoisotopic (exact) mass is 249 g/mol. The highest BCUT2D eigenvalue weighted by Crippen LogP contribution is 2.19. The Kier molecular flexibility index (Phi) is 3.64. The van der Waals surface area contributed by atoms with Crippen LogP contribution in [0.25, 0.3) is 0 Å². The van der Waals surface area contributed by atoms with E-state index in [0.29, 0.717) is 10.8 Å². The second-order valence-corrected chi connectivity index (χ2v) is 5.70.